The molecule has 2 atom stereocenters. The zero-order chi connectivity index (χ0) is 12.5. The summed E-state index contributed by atoms with van der Waals surface area (Å²) in [4.78, 5) is 25.6. The molecular formula is C12H22N2O2. The van der Waals surface area contributed by atoms with Gasteiger partial charge in [0.15, 0.2) is 0 Å². The maximum atomic E-state index is 12.0. The number of piperazine rings is 1. The molecule has 0 aromatic carbocycles. The molecule has 92 valence electrons. The summed E-state index contributed by atoms with van der Waals surface area (Å²) in [6, 6.07) is -0.399. The van der Waals surface area contributed by atoms with Crippen LogP contribution in [0.4, 0.5) is 0 Å². The van der Waals surface area contributed by atoms with Crippen LogP contribution in [0.1, 0.15) is 41.0 Å². The minimum Gasteiger partial charge on any atom is -0.343 e. The van der Waals surface area contributed by atoms with Gasteiger partial charge in [-0.25, -0.2) is 0 Å². The summed E-state index contributed by atoms with van der Waals surface area (Å²) in [6.45, 7) is 10.2. The number of nitrogens with one attached hydrogen (secondary N) is 1. The van der Waals surface area contributed by atoms with Gasteiger partial charge < -0.3 is 10.2 Å². The fraction of sp³-hybridized carbons (Fsp3) is 0.833. The normalized spacial score (nSPS) is 26.6. The van der Waals surface area contributed by atoms with Crippen LogP contribution in [0.15, 0.2) is 0 Å². The molecule has 1 aliphatic heterocycles. The molecule has 1 N–H and O–H groups in total. The first-order chi connectivity index (χ1) is 7.30. The fourth-order valence-corrected chi connectivity index (χ4v) is 1.83. The largest absolute Gasteiger partial charge is 0.343 e. The number of hydrogen-bond acceptors (Lipinski definition) is 2. The highest BCUT2D eigenvalue weighted by Gasteiger charge is 2.44. The Labute approximate surface area is 97.4 Å². The van der Waals surface area contributed by atoms with Crippen molar-refractivity contribution >= 4 is 11.8 Å². The average molecular weight is 226 g/mol. The lowest BCUT2D eigenvalue weighted by molar-refractivity contribution is -0.155. The number of rotatable bonds is 3. The van der Waals surface area contributed by atoms with Crippen molar-refractivity contribution in [3.05, 3.63) is 0 Å². The summed E-state index contributed by atoms with van der Waals surface area (Å²) >= 11 is 0. The molecule has 0 saturated carbocycles. The first-order valence-electron chi connectivity index (χ1n) is 5.93. The van der Waals surface area contributed by atoms with Crippen LogP contribution in [0.25, 0.3) is 0 Å². The second-order valence-corrected chi connectivity index (χ2v) is 5.22. The third-order valence-electron chi connectivity index (χ3n) is 3.41. The van der Waals surface area contributed by atoms with Gasteiger partial charge in [0.05, 0.1) is 0 Å². The Kier molecular flexibility index (Phi) is 3.61. The zero-order valence-corrected chi connectivity index (χ0v) is 10.8. The quantitative estimate of drug-likeness (QED) is 0.785. The Morgan fingerprint density at radius 3 is 2.50 bits per heavy atom. The lowest BCUT2D eigenvalue weighted by atomic mass is 9.94. The summed E-state index contributed by atoms with van der Waals surface area (Å²) in [6.07, 6.45) is 1.01. The fourth-order valence-electron chi connectivity index (χ4n) is 1.83. The number of nitrogens with zero attached hydrogens (tertiary/aromatic N) is 1. The smallest absolute Gasteiger partial charge is 0.246 e. The Morgan fingerprint density at radius 2 is 2.00 bits per heavy atom. The van der Waals surface area contributed by atoms with Crippen LogP contribution in [0, 0.1) is 5.92 Å². The van der Waals surface area contributed by atoms with Crippen LogP contribution in [-0.4, -0.2) is 34.8 Å². The molecule has 0 spiro atoms. The minimum atomic E-state index is -0.729. The van der Waals surface area contributed by atoms with Gasteiger partial charge in [-0.05, 0) is 26.7 Å². The molecule has 0 aromatic heterocycles. The highest BCUT2D eigenvalue weighted by molar-refractivity contribution is 5.99. The van der Waals surface area contributed by atoms with Gasteiger partial charge in [0, 0.05) is 6.54 Å². The van der Waals surface area contributed by atoms with Crippen molar-refractivity contribution in [1.29, 1.82) is 0 Å². The van der Waals surface area contributed by atoms with Crippen molar-refractivity contribution in [2.45, 2.75) is 52.6 Å². The SMILES string of the molecule is CCC(C)CN1C(=O)C(C)NC(=O)C1(C)C. The molecule has 4 nitrogen and oxygen atoms in total. The number of carbonyl (C=O) groups excluding carboxylic acids is 2. The number of amides is 2. The first-order valence-corrected chi connectivity index (χ1v) is 5.93. The van der Waals surface area contributed by atoms with Gasteiger partial charge >= 0.3 is 0 Å². The number of carbonyl (C=O) groups is 2. The minimum absolute atomic E-state index is 0.0184. The molecule has 0 aromatic rings. The summed E-state index contributed by atoms with van der Waals surface area (Å²) in [5, 5.41) is 2.71. The van der Waals surface area contributed by atoms with Crippen molar-refractivity contribution < 1.29 is 9.59 Å². The van der Waals surface area contributed by atoms with Crippen LogP contribution in [0.3, 0.4) is 0 Å². The Morgan fingerprint density at radius 1 is 1.44 bits per heavy atom. The third kappa shape index (κ3) is 2.20. The standard InChI is InChI=1S/C12H22N2O2/c1-6-8(2)7-14-10(15)9(3)13-11(16)12(14,4)5/h8-9H,6-7H2,1-5H3,(H,13,16). The van der Waals surface area contributed by atoms with Crippen LogP contribution < -0.4 is 5.32 Å². The molecule has 1 heterocycles. The van der Waals surface area contributed by atoms with Crippen LogP contribution in [0.5, 0.6) is 0 Å². The summed E-state index contributed by atoms with van der Waals surface area (Å²) in [5.41, 5.74) is -0.729. The van der Waals surface area contributed by atoms with Gasteiger partial charge in [0.1, 0.15) is 11.6 Å². The zero-order valence-electron chi connectivity index (χ0n) is 10.8. The lowest BCUT2D eigenvalue weighted by Crippen LogP contribution is -2.68. The van der Waals surface area contributed by atoms with E-state index in [0.29, 0.717) is 12.5 Å². The van der Waals surface area contributed by atoms with Crippen molar-refractivity contribution in [3.8, 4) is 0 Å². The van der Waals surface area contributed by atoms with Gasteiger partial charge in [-0.3, -0.25) is 9.59 Å². The molecule has 2 unspecified atom stereocenters. The highest BCUT2D eigenvalue weighted by Crippen LogP contribution is 2.22. The summed E-state index contributed by atoms with van der Waals surface area (Å²) < 4.78 is 0. The average Bonchev–Trinajstić information content (AvgIpc) is 2.22. The van der Waals surface area contributed by atoms with E-state index in [2.05, 4.69) is 19.2 Å². The Hall–Kier alpha value is -1.06. The van der Waals surface area contributed by atoms with E-state index in [1.54, 1.807) is 25.7 Å². The molecule has 1 saturated heterocycles. The predicted octanol–water partition coefficient (Wildman–Crippen LogP) is 1.16. The molecule has 2 amide bonds. The molecule has 0 radical (unpaired) electrons. The van der Waals surface area contributed by atoms with E-state index in [9.17, 15) is 9.59 Å². The highest BCUT2D eigenvalue weighted by atomic mass is 16.2. The summed E-state index contributed by atoms with van der Waals surface area (Å²) in [5.74, 6) is 0.370. The van der Waals surface area contributed by atoms with Crippen molar-refractivity contribution in [2.24, 2.45) is 5.92 Å². The Balaban J connectivity index is 2.91. The van der Waals surface area contributed by atoms with Crippen LogP contribution in [0.2, 0.25) is 0 Å². The molecule has 1 rings (SSSR count). The third-order valence-corrected chi connectivity index (χ3v) is 3.41. The monoisotopic (exact) mass is 226 g/mol. The van der Waals surface area contributed by atoms with Gasteiger partial charge in [-0.2, -0.15) is 0 Å². The van der Waals surface area contributed by atoms with E-state index < -0.39 is 11.6 Å². The van der Waals surface area contributed by atoms with E-state index in [4.69, 9.17) is 0 Å². The molecule has 16 heavy (non-hydrogen) atoms. The maximum Gasteiger partial charge on any atom is 0.246 e. The van der Waals surface area contributed by atoms with Crippen molar-refractivity contribution in [1.82, 2.24) is 10.2 Å². The molecule has 1 fully saturated rings. The van der Waals surface area contributed by atoms with Gasteiger partial charge in [0.25, 0.3) is 0 Å². The van der Waals surface area contributed by atoms with Crippen molar-refractivity contribution in [3.63, 3.8) is 0 Å². The van der Waals surface area contributed by atoms with Gasteiger partial charge in [-0.1, -0.05) is 20.3 Å². The second kappa shape index (κ2) is 4.44. The van der Waals surface area contributed by atoms with Crippen LogP contribution in [-0.2, 0) is 9.59 Å². The Bertz CT molecular complexity index is 299. The molecule has 0 aliphatic carbocycles. The topological polar surface area (TPSA) is 49.4 Å². The second-order valence-electron chi connectivity index (χ2n) is 5.22. The molecule has 0 bridgehead atoms. The molecular weight excluding hydrogens is 204 g/mol. The van der Waals surface area contributed by atoms with Gasteiger partial charge in [-0.15, -0.1) is 0 Å². The lowest BCUT2D eigenvalue weighted by Gasteiger charge is -2.44. The van der Waals surface area contributed by atoms with E-state index in [0.717, 1.165) is 6.42 Å². The van der Waals surface area contributed by atoms with E-state index in [1.807, 2.05) is 0 Å². The number of hydrogen-bond donors (Lipinski definition) is 1. The first kappa shape index (κ1) is 13.0. The van der Waals surface area contributed by atoms with E-state index in [1.165, 1.54) is 0 Å². The van der Waals surface area contributed by atoms with E-state index >= 15 is 0 Å². The van der Waals surface area contributed by atoms with Gasteiger partial charge in [0.2, 0.25) is 11.8 Å². The maximum absolute atomic E-state index is 12.0. The predicted molar refractivity (Wildman–Crippen MR) is 62.9 cm³/mol. The molecule has 4 heteroatoms. The van der Waals surface area contributed by atoms with Crippen molar-refractivity contribution in [2.75, 3.05) is 6.54 Å². The molecule has 1 aliphatic rings. The summed E-state index contributed by atoms with van der Waals surface area (Å²) in [7, 11) is 0. The van der Waals surface area contributed by atoms with Crippen LogP contribution >= 0.6 is 0 Å². The van der Waals surface area contributed by atoms with E-state index in [-0.39, 0.29) is 11.8 Å².